The molecule has 96 valence electrons. The molecule has 0 spiro atoms. The standard InChI is InChI=1S/C13H21NO3/c1-4-11(13(15)16-3)9-14-8-7-12-6-5-10(2)17-12/h5-6,11,14H,4,7-9H2,1-3H3. The molecular formula is C13H21NO3. The second-order valence-corrected chi connectivity index (χ2v) is 4.09. The highest BCUT2D eigenvalue weighted by Crippen LogP contribution is 2.07. The van der Waals surface area contributed by atoms with E-state index in [4.69, 9.17) is 9.15 Å². The first kappa shape index (κ1) is 13.8. The van der Waals surface area contributed by atoms with E-state index in [0.29, 0.717) is 6.54 Å². The molecule has 1 unspecified atom stereocenters. The Morgan fingerprint density at radius 3 is 2.82 bits per heavy atom. The predicted octanol–water partition coefficient (Wildman–Crippen LogP) is 1.92. The first-order chi connectivity index (χ1) is 8.17. The van der Waals surface area contributed by atoms with Crippen molar-refractivity contribution in [3.63, 3.8) is 0 Å². The number of carbonyl (C=O) groups is 1. The van der Waals surface area contributed by atoms with E-state index in [1.165, 1.54) is 7.11 Å². The molecule has 1 atom stereocenters. The number of nitrogens with one attached hydrogen (secondary N) is 1. The van der Waals surface area contributed by atoms with E-state index in [9.17, 15) is 4.79 Å². The molecule has 0 aliphatic carbocycles. The van der Waals surface area contributed by atoms with Crippen molar-refractivity contribution in [2.75, 3.05) is 20.2 Å². The smallest absolute Gasteiger partial charge is 0.309 e. The van der Waals surface area contributed by atoms with Crippen LogP contribution in [0.1, 0.15) is 24.9 Å². The molecule has 1 rings (SSSR count). The van der Waals surface area contributed by atoms with Gasteiger partial charge in [0.2, 0.25) is 0 Å². The van der Waals surface area contributed by atoms with Crippen LogP contribution in [0.5, 0.6) is 0 Å². The summed E-state index contributed by atoms with van der Waals surface area (Å²) in [5.74, 6) is 1.70. The molecule has 4 heteroatoms. The molecule has 0 fully saturated rings. The number of rotatable bonds is 7. The Labute approximate surface area is 102 Å². The summed E-state index contributed by atoms with van der Waals surface area (Å²) in [6, 6.07) is 3.94. The van der Waals surface area contributed by atoms with Gasteiger partial charge in [-0.3, -0.25) is 4.79 Å². The lowest BCUT2D eigenvalue weighted by Gasteiger charge is -2.12. The fourth-order valence-electron chi connectivity index (χ4n) is 1.67. The molecule has 17 heavy (non-hydrogen) atoms. The summed E-state index contributed by atoms with van der Waals surface area (Å²) in [4.78, 5) is 11.3. The van der Waals surface area contributed by atoms with Crippen molar-refractivity contribution in [1.29, 1.82) is 0 Å². The highest BCUT2D eigenvalue weighted by molar-refractivity contribution is 5.72. The number of hydrogen-bond acceptors (Lipinski definition) is 4. The van der Waals surface area contributed by atoms with Gasteiger partial charge in [-0.05, 0) is 25.5 Å². The number of aryl methyl sites for hydroxylation is 1. The number of carbonyl (C=O) groups excluding carboxylic acids is 1. The molecule has 0 amide bonds. The minimum absolute atomic E-state index is 0.0571. The third kappa shape index (κ3) is 4.61. The lowest BCUT2D eigenvalue weighted by Crippen LogP contribution is -2.30. The molecule has 0 radical (unpaired) electrons. The van der Waals surface area contributed by atoms with E-state index in [2.05, 4.69) is 5.32 Å². The lowest BCUT2D eigenvalue weighted by atomic mass is 10.1. The van der Waals surface area contributed by atoms with Gasteiger partial charge >= 0.3 is 5.97 Å². The minimum atomic E-state index is -0.145. The van der Waals surface area contributed by atoms with E-state index in [1.54, 1.807) is 0 Å². The summed E-state index contributed by atoms with van der Waals surface area (Å²) >= 11 is 0. The highest BCUT2D eigenvalue weighted by Gasteiger charge is 2.15. The van der Waals surface area contributed by atoms with Crippen LogP contribution >= 0.6 is 0 Å². The SMILES string of the molecule is CCC(CNCCc1ccc(C)o1)C(=O)OC. The second-order valence-electron chi connectivity index (χ2n) is 4.09. The Morgan fingerprint density at radius 2 is 2.29 bits per heavy atom. The number of ether oxygens (including phenoxy) is 1. The van der Waals surface area contributed by atoms with Crippen LogP contribution in [-0.4, -0.2) is 26.2 Å². The van der Waals surface area contributed by atoms with E-state index < -0.39 is 0 Å². The summed E-state index contributed by atoms with van der Waals surface area (Å²) in [5.41, 5.74) is 0. The van der Waals surface area contributed by atoms with Gasteiger partial charge in [0, 0.05) is 19.5 Å². The number of methoxy groups -OCH3 is 1. The molecule has 0 saturated carbocycles. The van der Waals surface area contributed by atoms with Crippen LogP contribution in [0.25, 0.3) is 0 Å². The van der Waals surface area contributed by atoms with E-state index >= 15 is 0 Å². The molecule has 0 aliphatic rings. The van der Waals surface area contributed by atoms with Crippen molar-refractivity contribution in [2.45, 2.75) is 26.7 Å². The van der Waals surface area contributed by atoms with Gasteiger partial charge in [-0.2, -0.15) is 0 Å². The van der Waals surface area contributed by atoms with E-state index in [0.717, 1.165) is 30.9 Å². The third-order valence-corrected chi connectivity index (χ3v) is 2.76. The summed E-state index contributed by atoms with van der Waals surface area (Å²) in [5, 5.41) is 3.25. The monoisotopic (exact) mass is 239 g/mol. The third-order valence-electron chi connectivity index (χ3n) is 2.76. The quantitative estimate of drug-likeness (QED) is 0.583. The maximum absolute atomic E-state index is 11.3. The number of esters is 1. The average Bonchev–Trinajstić information content (AvgIpc) is 2.74. The fraction of sp³-hybridized carbons (Fsp3) is 0.615. The Kier molecular flexibility index (Phi) is 5.77. The number of hydrogen-bond donors (Lipinski definition) is 1. The number of furan rings is 1. The molecule has 0 saturated heterocycles. The zero-order valence-electron chi connectivity index (χ0n) is 10.8. The second kappa shape index (κ2) is 7.12. The molecule has 0 bridgehead atoms. The summed E-state index contributed by atoms with van der Waals surface area (Å²) in [7, 11) is 1.43. The van der Waals surface area contributed by atoms with Gasteiger partial charge in [-0.15, -0.1) is 0 Å². The Hall–Kier alpha value is -1.29. The highest BCUT2D eigenvalue weighted by atomic mass is 16.5. The Morgan fingerprint density at radius 1 is 1.53 bits per heavy atom. The molecule has 1 aromatic heterocycles. The van der Waals surface area contributed by atoms with Gasteiger partial charge in [-0.1, -0.05) is 6.92 Å². The van der Waals surface area contributed by atoms with Gasteiger partial charge in [-0.25, -0.2) is 0 Å². The molecular weight excluding hydrogens is 218 g/mol. The van der Waals surface area contributed by atoms with E-state index in [-0.39, 0.29) is 11.9 Å². The Balaban J connectivity index is 2.21. The van der Waals surface area contributed by atoms with Crippen LogP contribution in [-0.2, 0) is 16.0 Å². The van der Waals surface area contributed by atoms with Crippen molar-refractivity contribution >= 4 is 5.97 Å². The van der Waals surface area contributed by atoms with Crippen LogP contribution in [0.4, 0.5) is 0 Å². The first-order valence-corrected chi connectivity index (χ1v) is 6.01. The molecule has 1 heterocycles. The normalized spacial score (nSPS) is 12.4. The van der Waals surface area contributed by atoms with Gasteiger partial charge in [0.15, 0.2) is 0 Å². The molecule has 1 aromatic rings. The van der Waals surface area contributed by atoms with E-state index in [1.807, 2.05) is 26.0 Å². The zero-order chi connectivity index (χ0) is 12.7. The predicted molar refractivity (Wildman–Crippen MR) is 65.8 cm³/mol. The van der Waals surface area contributed by atoms with Crippen molar-refractivity contribution in [3.05, 3.63) is 23.7 Å². The summed E-state index contributed by atoms with van der Waals surface area (Å²) in [6.45, 7) is 5.38. The fourth-order valence-corrected chi connectivity index (χ4v) is 1.67. The summed E-state index contributed by atoms with van der Waals surface area (Å²) in [6.07, 6.45) is 1.63. The maximum Gasteiger partial charge on any atom is 0.309 e. The largest absolute Gasteiger partial charge is 0.469 e. The van der Waals surface area contributed by atoms with Gasteiger partial charge in [0.1, 0.15) is 11.5 Å². The topological polar surface area (TPSA) is 51.5 Å². The first-order valence-electron chi connectivity index (χ1n) is 6.01. The zero-order valence-corrected chi connectivity index (χ0v) is 10.8. The molecule has 1 N–H and O–H groups in total. The molecule has 0 aliphatic heterocycles. The van der Waals surface area contributed by atoms with Crippen LogP contribution in [0.3, 0.4) is 0 Å². The summed E-state index contributed by atoms with van der Waals surface area (Å²) < 4.78 is 10.2. The van der Waals surface area contributed by atoms with Crippen LogP contribution < -0.4 is 5.32 Å². The molecule has 0 aromatic carbocycles. The van der Waals surface area contributed by atoms with Crippen molar-refractivity contribution in [3.8, 4) is 0 Å². The van der Waals surface area contributed by atoms with Crippen molar-refractivity contribution in [2.24, 2.45) is 5.92 Å². The van der Waals surface area contributed by atoms with Crippen molar-refractivity contribution < 1.29 is 13.9 Å². The maximum atomic E-state index is 11.3. The van der Waals surface area contributed by atoms with Gasteiger partial charge < -0.3 is 14.5 Å². The lowest BCUT2D eigenvalue weighted by molar-refractivity contribution is -0.145. The van der Waals surface area contributed by atoms with Gasteiger partial charge in [0.05, 0.1) is 13.0 Å². The Bertz CT molecular complexity index is 346. The van der Waals surface area contributed by atoms with Gasteiger partial charge in [0.25, 0.3) is 0 Å². The average molecular weight is 239 g/mol. The minimum Gasteiger partial charge on any atom is -0.469 e. The van der Waals surface area contributed by atoms with Crippen LogP contribution in [0.15, 0.2) is 16.5 Å². The van der Waals surface area contributed by atoms with Crippen LogP contribution in [0, 0.1) is 12.8 Å². The molecule has 4 nitrogen and oxygen atoms in total. The van der Waals surface area contributed by atoms with Crippen molar-refractivity contribution in [1.82, 2.24) is 5.32 Å². The van der Waals surface area contributed by atoms with Crippen LogP contribution in [0.2, 0.25) is 0 Å².